The van der Waals surface area contributed by atoms with E-state index in [1.54, 1.807) is 0 Å². The fourth-order valence-corrected chi connectivity index (χ4v) is 1.62. The molecule has 1 N–H and O–H groups in total. The van der Waals surface area contributed by atoms with Crippen molar-refractivity contribution in [2.45, 2.75) is 20.8 Å². The Kier molecular flexibility index (Phi) is 3.76. The third-order valence-electron chi connectivity index (χ3n) is 1.85. The molecule has 0 aliphatic rings. The first-order chi connectivity index (χ1) is 6.90. The molecule has 0 amide bonds. The Labute approximate surface area is 99.4 Å². The summed E-state index contributed by atoms with van der Waals surface area (Å²) in [6.07, 6.45) is 0. The van der Waals surface area contributed by atoms with E-state index in [4.69, 9.17) is 5.26 Å². The van der Waals surface area contributed by atoms with Crippen molar-refractivity contribution in [3.05, 3.63) is 28.2 Å². The van der Waals surface area contributed by atoms with Crippen molar-refractivity contribution in [2.24, 2.45) is 5.41 Å². The molecule has 1 rings (SSSR count). The van der Waals surface area contributed by atoms with Crippen LogP contribution in [0, 0.1) is 16.7 Å². The van der Waals surface area contributed by atoms with E-state index >= 15 is 0 Å². The Morgan fingerprint density at radius 1 is 1.33 bits per heavy atom. The number of halogens is 1. The lowest BCUT2D eigenvalue weighted by Gasteiger charge is -2.19. The molecule has 0 atom stereocenters. The predicted molar refractivity (Wildman–Crippen MR) is 66.8 cm³/mol. The second kappa shape index (κ2) is 4.67. The number of anilines is 1. The molecule has 0 heterocycles. The Balaban J connectivity index is 2.78. The van der Waals surface area contributed by atoms with Gasteiger partial charge in [0, 0.05) is 16.7 Å². The van der Waals surface area contributed by atoms with E-state index in [1.165, 1.54) is 0 Å². The Morgan fingerprint density at radius 3 is 2.53 bits per heavy atom. The summed E-state index contributed by atoms with van der Waals surface area (Å²) in [5.74, 6) is 0. The molecule has 3 heteroatoms. The second-order valence-electron chi connectivity index (χ2n) is 4.75. The molecule has 0 saturated carbocycles. The van der Waals surface area contributed by atoms with Crippen molar-refractivity contribution in [2.75, 3.05) is 11.9 Å². The second-order valence-corrected chi connectivity index (χ2v) is 5.67. The molecule has 2 nitrogen and oxygen atoms in total. The lowest BCUT2D eigenvalue weighted by Crippen LogP contribution is -2.19. The molecule has 0 fully saturated rings. The van der Waals surface area contributed by atoms with Gasteiger partial charge in [0.1, 0.15) is 0 Å². The molecule has 0 aliphatic carbocycles. The quantitative estimate of drug-likeness (QED) is 0.885. The van der Waals surface area contributed by atoms with Crippen LogP contribution in [-0.4, -0.2) is 6.54 Å². The average molecular weight is 267 g/mol. The van der Waals surface area contributed by atoms with E-state index in [-0.39, 0.29) is 5.41 Å². The van der Waals surface area contributed by atoms with Crippen molar-refractivity contribution in [1.29, 1.82) is 5.26 Å². The number of hydrogen-bond acceptors (Lipinski definition) is 2. The van der Waals surface area contributed by atoms with Crippen LogP contribution < -0.4 is 5.32 Å². The van der Waals surface area contributed by atoms with Crippen LogP contribution >= 0.6 is 15.9 Å². The van der Waals surface area contributed by atoms with Crippen molar-refractivity contribution in [3.63, 3.8) is 0 Å². The van der Waals surface area contributed by atoms with E-state index in [2.05, 4.69) is 48.1 Å². The fraction of sp³-hybridized carbons (Fsp3) is 0.417. The summed E-state index contributed by atoms with van der Waals surface area (Å²) in [6, 6.07) is 7.78. The van der Waals surface area contributed by atoms with Gasteiger partial charge in [-0.1, -0.05) is 36.7 Å². The van der Waals surface area contributed by atoms with Gasteiger partial charge in [0.25, 0.3) is 0 Å². The fourth-order valence-electron chi connectivity index (χ4n) is 1.12. The van der Waals surface area contributed by atoms with Gasteiger partial charge in [0.2, 0.25) is 0 Å². The number of nitriles is 1. The maximum absolute atomic E-state index is 8.82. The van der Waals surface area contributed by atoms with E-state index in [1.807, 2.05) is 18.2 Å². The molecular formula is C12H15BrN2. The maximum atomic E-state index is 8.82. The molecule has 0 bridgehead atoms. The topological polar surface area (TPSA) is 35.8 Å². The molecule has 15 heavy (non-hydrogen) atoms. The van der Waals surface area contributed by atoms with E-state index in [9.17, 15) is 0 Å². The van der Waals surface area contributed by atoms with Crippen LogP contribution in [-0.2, 0) is 0 Å². The Bertz CT molecular complexity index is 386. The zero-order chi connectivity index (χ0) is 11.5. The van der Waals surface area contributed by atoms with Crippen molar-refractivity contribution in [1.82, 2.24) is 0 Å². The van der Waals surface area contributed by atoms with Crippen LogP contribution in [0.15, 0.2) is 22.7 Å². The zero-order valence-corrected chi connectivity index (χ0v) is 10.9. The summed E-state index contributed by atoms with van der Waals surface area (Å²) >= 11 is 3.38. The summed E-state index contributed by atoms with van der Waals surface area (Å²) in [4.78, 5) is 0. The van der Waals surface area contributed by atoms with Crippen LogP contribution in [0.3, 0.4) is 0 Å². The van der Waals surface area contributed by atoms with Crippen LogP contribution in [0.1, 0.15) is 26.3 Å². The normalized spacial score (nSPS) is 10.9. The third-order valence-corrected chi connectivity index (χ3v) is 2.31. The van der Waals surface area contributed by atoms with Crippen LogP contribution in [0.5, 0.6) is 0 Å². The monoisotopic (exact) mass is 266 g/mol. The van der Waals surface area contributed by atoms with E-state index in [0.717, 1.165) is 16.7 Å². The first-order valence-corrected chi connectivity index (χ1v) is 5.64. The summed E-state index contributed by atoms with van der Waals surface area (Å²) in [5, 5.41) is 12.1. The largest absolute Gasteiger partial charge is 0.384 e. The highest BCUT2D eigenvalue weighted by Gasteiger charge is 2.09. The highest BCUT2D eigenvalue weighted by Crippen LogP contribution is 2.21. The number of nitrogens with zero attached hydrogens (tertiary/aromatic N) is 1. The van der Waals surface area contributed by atoms with Crippen molar-refractivity contribution >= 4 is 21.6 Å². The van der Waals surface area contributed by atoms with Gasteiger partial charge < -0.3 is 5.32 Å². The predicted octanol–water partition coefficient (Wildman–Crippen LogP) is 3.78. The first-order valence-electron chi connectivity index (χ1n) is 4.85. The van der Waals surface area contributed by atoms with Gasteiger partial charge in [-0.05, 0) is 23.6 Å². The van der Waals surface area contributed by atoms with Gasteiger partial charge in [0.15, 0.2) is 0 Å². The zero-order valence-electron chi connectivity index (χ0n) is 9.26. The highest BCUT2D eigenvalue weighted by molar-refractivity contribution is 9.10. The number of nitrogens with one attached hydrogen (secondary N) is 1. The molecule has 0 aromatic heterocycles. The molecule has 80 valence electrons. The summed E-state index contributed by atoms with van der Waals surface area (Å²) in [7, 11) is 0. The van der Waals surface area contributed by atoms with Crippen LogP contribution in [0.4, 0.5) is 5.69 Å². The summed E-state index contributed by atoms with van der Waals surface area (Å²) in [6.45, 7) is 7.39. The lowest BCUT2D eigenvalue weighted by molar-refractivity contribution is 0.443. The molecular weight excluding hydrogens is 252 g/mol. The lowest BCUT2D eigenvalue weighted by atomic mass is 9.97. The Hall–Kier alpha value is -1.01. The minimum absolute atomic E-state index is 0.231. The molecule has 0 aliphatic heterocycles. The van der Waals surface area contributed by atoms with Crippen molar-refractivity contribution < 1.29 is 0 Å². The SMILES string of the molecule is CC(C)(C)CNc1cc(Br)cc(C#N)c1. The smallest absolute Gasteiger partial charge is 0.0992 e. The molecule has 1 aromatic rings. The highest BCUT2D eigenvalue weighted by atomic mass is 79.9. The van der Waals surface area contributed by atoms with Gasteiger partial charge in [-0.25, -0.2) is 0 Å². The van der Waals surface area contributed by atoms with Crippen LogP contribution in [0.2, 0.25) is 0 Å². The number of rotatable bonds is 2. The van der Waals surface area contributed by atoms with Gasteiger partial charge in [0.05, 0.1) is 11.6 Å². The minimum atomic E-state index is 0.231. The number of benzene rings is 1. The van der Waals surface area contributed by atoms with Gasteiger partial charge in [-0.15, -0.1) is 0 Å². The summed E-state index contributed by atoms with van der Waals surface area (Å²) < 4.78 is 0.929. The van der Waals surface area contributed by atoms with Crippen molar-refractivity contribution in [3.8, 4) is 6.07 Å². The molecule has 1 aromatic carbocycles. The van der Waals surface area contributed by atoms with Gasteiger partial charge >= 0.3 is 0 Å². The molecule has 0 radical (unpaired) electrons. The maximum Gasteiger partial charge on any atom is 0.0992 e. The Morgan fingerprint density at radius 2 is 2.00 bits per heavy atom. The van der Waals surface area contributed by atoms with Gasteiger partial charge in [-0.3, -0.25) is 0 Å². The third kappa shape index (κ3) is 4.35. The molecule has 0 unspecified atom stereocenters. The van der Waals surface area contributed by atoms with Crippen LogP contribution in [0.25, 0.3) is 0 Å². The van der Waals surface area contributed by atoms with E-state index in [0.29, 0.717) is 5.56 Å². The number of hydrogen-bond donors (Lipinski definition) is 1. The van der Waals surface area contributed by atoms with E-state index < -0.39 is 0 Å². The summed E-state index contributed by atoms with van der Waals surface area (Å²) in [5.41, 5.74) is 1.88. The van der Waals surface area contributed by atoms with Gasteiger partial charge in [-0.2, -0.15) is 5.26 Å². The molecule has 0 spiro atoms. The first kappa shape index (κ1) is 12.1. The molecule has 0 saturated heterocycles. The average Bonchev–Trinajstić information content (AvgIpc) is 2.13. The minimum Gasteiger partial charge on any atom is -0.384 e. The standard InChI is InChI=1S/C12H15BrN2/c1-12(2,3)8-15-11-5-9(7-14)4-10(13)6-11/h4-6,15H,8H2,1-3H3.